The SMILES string of the molecule is C[C@]1(Oc2ccc(C(=O)O)c(NC3CCOCC3)c2)CCNC1. The van der Waals surface area contributed by atoms with Crippen LogP contribution in [0.4, 0.5) is 5.69 Å². The second kappa shape index (κ2) is 6.76. The van der Waals surface area contributed by atoms with Gasteiger partial charge >= 0.3 is 5.97 Å². The largest absolute Gasteiger partial charge is 0.486 e. The lowest BCUT2D eigenvalue weighted by Gasteiger charge is -2.27. The van der Waals surface area contributed by atoms with Gasteiger partial charge in [0, 0.05) is 38.3 Å². The molecule has 3 rings (SSSR count). The number of carbonyl (C=O) groups is 1. The lowest BCUT2D eigenvalue weighted by Crippen LogP contribution is -2.34. The summed E-state index contributed by atoms with van der Waals surface area (Å²) in [4.78, 5) is 11.5. The predicted octanol–water partition coefficient (Wildman–Crippen LogP) is 2.11. The summed E-state index contributed by atoms with van der Waals surface area (Å²) in [5, 5.41) is 16.1. The van der Waals surface area contributed by atoms with Crippen LogP contribution in [0.25, 0.3) is 0 Å². The third-order valence-corrected chi connectivity index (χ3v) is 4.50. The van der Waals surface area contributed by atoms with E-state index in [1.54, 1.807) is 12.1 Å². The highest BCUT2D eigenvalue weighted by atomic mass is 16.5. The second-order valence-electron chi connectivity index (χ2n) is 6.52. The van der Waals surface area contributed by atoms with E-state index in [2.05, 4.69) is 17.6 Å². The molecule has 1 aromatic rings. The first-order valence-corrected chi connectivity index (χ1v) is 8.17. The Labute approximate surface area is 136 Å². The van der Waals surface area contributed by atoms with Crippen LogP contribution in [0.15, 0.2) is 18.2 Å². The lowest BCUT2D eigenvalue weighted by atomic mass is 10.1. The van der Waals surface area contributed by atoms with Gasteiger partial charge in [-0.25, -0.2) is 4.79 Å². The lowest BCUT2D eigenvalue weighted by molar-refractivity contribution is 0.0697. The maximum atomic E-state index is 11.5. The van der Waals surface area contributed by atoms with Gasteiger partial charge in [0.2, 0.25) is 0 Å². The Morgan fingerprint density at radius 2 is 2.22 bits per heavy atom. The van der Waals surface area contributed by atoms with Crippen LogP contribution in [-0.4, -0.2) is 49.0 Å². The summed E-state index contributed by atoms with van der Waals surface area (Å²) in [5.74, 6) is -0.226. The summed E-state index contributed by atoms with van der Waals surface area (Å²) in [6, 6.07) is 5.40. The van der Waals surface area contributed by atoms with E-state index in [1.807, 2.05) is 6.07 Å². The zero-order valence-electron chi connectivity index (χ0n) is 13.4. The molecule has 0 amide bonds. The smallest absolute Gasteiger partial charge is 0.337 e. The Morgan fingerprint density at radius 1 is 1.43 bits per heavy atom. The molecular formula is C17H24N2O4. The van der Waals surface area contributed by atoms with E-state index in [4.69, 9.17) is 9.47 Å². The Bertz CT molecular complexity index is 564. The van der Waals surface area contributed by atoms with Gasteiger partial charge in [-0.2, -0.15) is 0 Å². The maximum Gasteiger partial charge on any atom is 0.337 e. The Morgan fingerprint density at radius 3 is 2.87 bits per heavy atom. The van der Waals surface area contributed by atoms with Gasteiger partial charge < -0.3 is 25.2 Å². The summed E-state index contributed by atoms with van der Waals surface area (Å²) in [6.07, 6.45) is 2.70. The van der Waals surface area contributed by atoms with Gasteiger partial charge in [-0.3, -0.25) is 0 Å². The molecule has 2 saturated heterocycles. The van der Waals surface area contributed by atoms with E-state index in [1.165, 1.54) is 0 Å². The number of aromatic carboxylic acids is 1. The molecule has 1 aromatic carbocycles. The molecule has 2 fully saturated rings. The van der Waals surface area contributed by atoms with Crippen LogP contribution < -0.4 is 15.4 Å². The molecule has 126 valence electrons. The van der Waals surface area contributed by atoms with Gasteiger partial charge in [0.25, 0.3) is 0 Å². The molecule has 2 aliphatic rings. The van der Waals surface area contributed by atoms with E-state index in [0.29, 0.717) is 24.7 Å². The molecule has 0 radical (unpaired) electrons. The van der Waals surface area contributed by atoms with Crippen LogP contribution in [0.5, 0.6) is 5.75 Å². The van der Waals surface area contributed by atoms with Crippen molar-refractivity contribution in [2.24, 2.45) is 0 Å². The van der Waals surface area contributed by atoms with Crippen LogP contribution in [0.2, 0.25) is 0 Å². The zero-order chi connectivity index (χ0) is 16.3. The Balaban J connectivity index is 1.79. The molecule has 0 spiro atoms. The number of carboxylic acids is 1. The molecule has 0 aromatic heterocycles. The first-order chi connectivity index (χ1) is 11.1. The molecule has 1 atom stereocenters. The number of nitrogens with one attached hydrogen (secondary N) is 2. The van der Waals surface area contributed by atoms with Crippen molar-refractivity contribution in [1.82, 2.24) is 5.32 Å². The third kappa shape index (κ3) is 3.95. The molecule has 0 bridgehead atoms. The summed E-state index contributed by atoms with van der Waals surface area (Å²) >= 11 is 0. The summed E-state index contributed by atoms with van der Waals surface area (Å²) in [5.41, 5.74) is 0.663. The molecular weight excluding hydrogens is 296 g/mol. The maximum absolute atomic E-state index is 11.5. The van der Waals surface area contributed by atoms with Gasteiger partial charge in [0.1, 0.15) is 11.4 Å². The predicted molar refractivity (Wildman–Crippen MR) is 87.4 cm³/mol. The normalized spacial score (nSPS) is 25.3. The summed E-state index contributed by atoms with van der Waals surface area (Å²) in [7, 11) is 0. The zero-order valence-corrected chi connectivity index (χ0v) is 13.4. The topological polar surface area (TPSA) is 79.8 Å². The minimum absolute atomic E-state index is 0.235. The van der Waals surface area contributed by atoms with Crippen molar-refractivity contribution in [3.05, 3.63) is 23.8 Å². The van der Waals surface area contributed by atoms with Crippen LogP contribution in [0.1, 0.15) is 36.5 Å². The first kappa shape index (κ1) is 16.1. The standard InChI is InChI=1S/C17H24N2O4/c1-17(6-7-18-11-17)23-13-2-3-14(16(20)21)15(10-13)19-12-4-8-22-9-5-12/h2-3,10,12,18-19H,4-9,11H2,1H3,(H,20,21)/t17-/m0/s1. The molecule has 2 heterocycles. The average molecular weight is 320 g/mol. The van der Waals surface area contributed by atoms with Gasteiger partial charge in [0.15, 0.2) is 0 Å². The number of rotatable bonds is 5. The van der Waals surface area contributed by atoms with Crippen molar-refractivity contribution in [3.63, 3.8) is 0 Å². The fourth-order valence-electron chi connectivity index (χ4n) is 3.12. The van der Waals surface area contributed by atoms with Crippen molar-refractivity contribution < 1.29 is 19.4 Å². The average Bonchev–Trinajstić information content (AvgIpc) is 2.94. The van der Waals surface area contributed by atoms with E-state index in [9.17, 15) is 9.90 Å². The van der Waals surface area contributed by atoms with E-state index in [-0.39, 0.29) is 17.2 Å². The number of carboxylic acid groups (broad SMARTS) is 1. The van der Waals surface area contributed by atoms with Gasteiger partial charge in [-0.15, -0.1) is 0 Å². The molecule has 0 unspecified atom stereocenters. The molecule has 0 saturated carbocycles. The molecule has 23 heavy (non-hydrogen) atoms. The minimum atomic E-state index is -0.931. The quantitative estimate of drug-likeness (QED) is 0.771. The number of ether oxygens (including phenoxy) is 2. The van der Waals surface area contributed by atoms with E-state index in [0.717, 1.165) is 32.4 Å². The highest BCUT2D eigenvalue weighted by Gasteiger charge is 2.31. The molecule has 6 heteroatoms. The van der Waals surface area contributed by atoms with E-state index < -0.39 is 5.97 Å². The number of anilines is 1. The third-order valence-electron chi connectivity index (χ3n) is 4.50. The number of hydrogen-bond donors (Lipinski definition) is 3. The van der Waals surface area contributed by atoms with Gasteiger partial charge in [0.05, 0.1) is 11.3 Å². The molecule has 0 aliphatic carbocycles. The van der Waals surface area contributed by atoms with Gasteiger partial charge in [-0.1, -0.05) is 0 Å². The van der Waals surface area contributed by atoms with Gasteiger partial charge in [-0.05, 0) is 38.4 Å². The van der Waals surface area contributed by atoms with Crippen LogP contribution >= 0.6 is 0 Å². The van der Waals surface area contributed by atoms with Crippen molar-refractivity contribution >= 4 is 11.7 Å². The van der Waals surface area contributed by atoms with Crippen LogP contribution in [0, 0.1) is 0 Å². The second-order valence-corrected chi connectivity index (χ2v) is 6.52. The highest BCUT2D eigenvalue weighted by Crippen LogP contribution is 2.29. The monoisotopic (exact) mass is 320 g/mol. The Kier molecular flexibility index (Phi) is 4.73. The highest BCUT2D eigenvalue weighted by molar-refractivity contribution is 5.94. The molecule has 6 nitrogen and oxygen atoms in total. The summed E-state index contributed by atoms with van der Waals surface area (Å²) in [6.45, 7) is 5.23. The van der Waals surface area contributed by atoms with Crippen molar-refractivity contribution in [2.45, 2.75) is 37.8 Å². The fourth-order valence-corrected chi connectivity index (χ4v) is 3.12. The molecule has 3 N–H and O–H groups in total. The van der Waals surface area contributed by atoms with Crippen molar-refractivity contribution in [3.8, 4) is 5.75 Å². The van der Waals surface area contributed by atoms with Crippen molar-refractivity contribution in [2.75, 3.05) is 31.6 Å². The van der Waals surface area contributed by atoms with Crippen molar-refractivity contribution in [1.29, 1.82) is 0 Å². The van der Waals surface area contributed by atoms with Crippen LogP contribution in [-0.2, 0) is 4.74 Å². The number of benzene rings is 1. The molecule has 2 aliphatic heterocycles. The number of hydrogen-bond acceptors (Lipinski definition) is 5. The fraction of sp³-hybridized carbons (Fsp3) is 0.588. The van der Waals surface area contributed by atoms with E-state index >= 15 is 0 Å². The van der Waals surface area contributed by atoms with Crippen LogP contribution in [0.3, 0.4) is 0 Å². The Hall–Kier alpha value is -1.79. The first-order valence-electron chi connectivity index (χ1n) is 8.17. The summed E-state index contributed by atoms with van der Waals surface area (Å²) < 4.78 is 11.5. The minimum Gasteiger partial charge on any atom is -0.486 e.